The van der Waals surface area contributed by atoms with Crippen molar-refractivity contribution in [3.05, 3.63) is 114 Å². The van der Waals surface area contributed by atoms with E-state index in [2.05, 4.69) is 57.3 Å². The summed E-state index contributed by atoms with van der Waals surface area (Å²) < 4.78 is 5.96. The highest BCUT2D eigenvalue weighted by atomic mass is 16.5. The highest BCUT2D eigenvalue weighted by molar-refractivity contribution is 6.09. The summed E-state index contributed by atoms with van der Waals surface area (Å²) in [6.07, 6.45) is 3.63. The van der Waals surface area contributed by atoms with Gasteiger partial charge in [-0.15, -0.1) is 0 Å². The molecule has 0 saturated heterocycles. The van der Waals surface area contributed by atoms with Crippen molar-refractivity contribution >= 4 is 22.4 Å². The molecule has 1 aliphatic heterocycles. The number of hydrogen-bond donors (Lipinski definition) is 1. The maximum absolute atomic E-state index is 14.3. The lowest BCUT2D eigenvalue weighted by Crippen LogP contribution is -2.35. The molecule has 2 heterocycles. The molecular formula is C32H30N4O2. The monoisotopic (exact) mass is 502 g/mol. The van der Waals surface area contributed by atoms with E-state index in [0.29, 0.717) is 44.1 Å². The summed E-state index contributed by atoms with van der Waals surface area (Å²) in [5, 5.41) is 1.94. The van der Waals surface area contributed by atoms with E-state index < -0.39 is 0 Å². The van der Waals surface area contributed by atoms with E-state index >= 15 is 0 Å². The van der Waals surface area contributed by atoms with Gasteiger partial charge in [0.15, 0.2) is 0 Å². The topological polar surface area (TPSA) is 61.5 Å². The van der Waals surface area contributed by atoms with Crippen LogP contribution < -0.4 is 9.64 Å². The second-order valence-electron chi connectivity index (χ2n) is 9.51. The number of ether oxygens (including phenoxy) is 1. The van der Waals surface area contributed by atoms with Crippen LogP contribution in [0.15, 0.2) is 97.5 Å². The van der Waals surface area contributed by atoms with Crippen LogP contribution in [0, 0.1) is 0 Å². The normalized spacial score (nSPS) is 13.3. The third-order valence-electron chi connectivity index (χ3n) is 7.13. The van der Waals surface area contributed by atoms with Crippen LogP contribution in [0.25, 0.3) is 21.9 Å². The van der Waals surface area contributed by atoms with Crippen LogP contribution in [0.4, 0.5) is 5.69 Å². The van der Waals surface area contributed by atoms with Gasteiger partial charge >= 0.3 is 0 Å². The van der Waals surface area contributed by atoms with Gasteiger partial charge in [0.2, 0.25) is 0 Å². The Labute approximate surface area is 222 Å². The maximum atomic E-state index is 14.3. The van der Waals surface area contributed by atoms with Gasteiger partial charge in [-0.3, -0.25) is 4.79 Å². The number of amides is 1. The largest absolute Gasteiger partial charge is 0.493 e. The van der Waals surface area contributed by atoms with Gasteiger partial charge in [-0.05, 0) is 52.6 Å². The van der Waals surface area contributed by atoms with Crippen LogP contribution >= 0.6 is 0 Å². The van der Waals surface area contributed by atoms with Crippen molar-refractivity contribution < 1.29 is 9.53 Å². The lowest BCUT2D eigenvalue weighted by molar-refractivity contribution is 0.0749. The van der Waals surface area contributed by atoms with E-state index in [-0.39, 0.29) is 5.91 Å². The Hall–Kier alpha value is -4.58. The molecule has 0 atom stereocenters. The Balaban J connectivity index is 1.41. The summed E-state index contributed by atoms with van der Waals surface area (Å²) >= 11 is 0. The average Bonchev–Trinajstić information content (AvgIpc) is 3.41. The molecule has 1 aromatic heterocycles. The maximum Gasteiger partial charge on any atom is 0.258 e. The van der Waals surface area contributed by atoms with Crippen LogP contribution in [-0.4, -0.2) is 40.5 Å². The average molecular weight is 503 g/mol. The summed E-state index contributed by atoms with van der Waals surface area (Å²) in [5.74, 6) is 0.620. The summed E-state index contributed by atoms with van der Waals surface area (Å²) in [7, 11) is 0. The van der Waals surface area contributed by atoms with Gasteiger partial charge in [0, 0.05) is 31.5 Å². The number of aromatic nitrogens is 2. The Morgan fingerprint density at radius 2 is 1.79 bits per heavy atom. The summed E-state index contributed by atoms with van der Waals surface area (Å²) in [6.45, 7) is 4.92. The third kappa shape index (κ3) is 4.61. The van der Waals surface area contributed by atoms with Gasteiger partial charge in [0.25, 0.3) is 5.91 Å². The Morgan fingerprint density at radius 3 is 2.61 bits per heavy atom. The molecule has 0 unspecified atom stereocenters. The van der Waals surface area contributed by atoms with Crippen LogP contribution in [0.1, 0.15) is 28.5 Å². The van der Waals surface area contributed by atoms with Crippen molar-refractivity contribution in [1.29, 1.82) is 0 Å². The number of nitrogens with one attached hydrogen (secondary N) is 1. The SMILES string of the molecule is CCOc1ccc2ccccc2c1C(=O)N1CCN(Cc2c[nH]cn2)c2ccc(-c3ccccc3)cc2C1. The zero-order valence-electron chi connectivity index (χ0n) is 21.4. The molecule has 4 aromatic carbocycles. The Bertz CT molecular complexity index is 1560. The van der Waals surface area contributed by atoms with Gasteiger partial charge in [-0.25, -0.2) is 4.98 Å². The standard InChI is InChI=1S/C32H30N4O2/c1-2-38-30-15-13-24-10-6-7-11-28(24)31(30)32(37)36-17-16-35(21-27-19-33-22-34-27)29-14-12-25(18-26(29)20-36)23-8-4-3-5-9-23/h3-15,18-19,22H,2,16-17,20-21H2,1H3,(H,33,34). The van der Waals surface area contributed by atoms with E-state index in [0.717, 1.165) is 38.8 Å². The predicted molar refractivity (Wildman–Crippen MR) is 151 cm³/mol. The number of imidazole rings is 1. The molecule has 0 fully saturated rings. The lowest BCUT2D eigenvalue weighted by atomic mass is 10.00. The highest BCUT2D eigenvalue weighted by Crippen LogP contribution is 2.34. The van der Waals surface area contributed by atoms with Crippen LogP contribution in [-0.2, 0) is 13.1 Å². The molecule has 5 aromatic rings. The van der Waals surface area contributed by atoms with Crippen molar-refractivity contribution in [2.45, 2.75) is 20.0 Å². The van der Waals surface area contributed by atoms with E-state index in [1.807, 2.05) is 60.5 Å². The summed E-state index contributed by atoms with van der Waals surface area (Å²) in [6, 6.07) is 28.9. The highest BCUT2D eigenvalue weighted by Gasteiger charge is 2.27. The number of carbonyl (C=O) groups excluding carboxylic acids is 1. The smallest absolute Gasteiger partial charge is 0.258 e. The molecule has 0 bridgehead atoms. The van der Waals surface area contributed by atoms with Crippen molar-refractivity contribution in [3.8, 4) is 16.9 Å². The van der Waals surface area contributed by atoms with Gasteiger partial charge in [-0.2, -0.15) is 0 Å². The molecule has 0 saturated carbocycles. The lowest BCUT2D eigenvalue weighted by Gasteiger charge is -2.25. The first-order chi connectivity index (χ1) is 18.7. The third-order valence-corrected chi connectivity index (χ3v) is 7.13. The van der Waals surface area contributed by atoms with E-state index in [1.54, 1.807) is 6.33 Å². The quantitative estimate of drug-likeness (QED) is 0.296. The number of hydrogen-bond acceptors (Lipinski definition) is 4. The molecule has 0 aliphatic carbocycles. The molecule has 190 valence electrons. The van der Waals surface area contributed by atoms with Gasteiger partial charge < -0.3 is 19.5 Å². The molecular weight excluding hydrogens is 472 g/mol. The number of H-pyrrole nitrogens is 1. The second-order valence-corrected chi connectivity index (χ2v) is 9.51. The minimum Gasteiger partial charge on any atom is -0.493 e. The van der Waals surface area contributed by atoms with Crippen molar-refractivity contribution in [2.75, 3.05) is 24.6 Å². The Morgan fingerprint density at radius 1 is 0.947 bits per heavy atom. The molecule has 1 amide bonds. The molecule has 0 spiro atoms. The number of carbonyl (C=O) groups is 1. The number of aromatic amines is 1. The minimum atomic E-state index is -0.0112. The fraction of sp³-hybridized carbons (Fsp3) is 0.188. The molecule has 6 nitrogen and oxygen atoms in total. The van der Waals surface area contributed by atoms with Crippen LogP contribution in [0.5, 0.6) is 5.75 Å². The zero-order valence-corrected chi connectivity index (χ0v) is 21.4. The van der Waals surface area contributed by atoms with Gasteiger partial charge in [-0.1, -0.05) is 66.7 Å². The molecule has 38 heavy (non-hydrogen) atoms. The van der Waals surface area contributed by atoms with Gasteiger partial charge in [0.05, 0.1) is 30.7 Å². The number of nitrogens with zero attached hydrogens (tertiary/aromatic N) is 3. The molecule has 1 aliphatic rings. The van der Waals surface area contributed by atoms with Crippen molar-refractivity contribution in [3.63, 3.8) is 0 Å². The fourth-order valence-corrected chi connectivity index (χ4v) is 5.29. The minimum absolute atomic E-state index is 0.0112. The Kier molecular flexibility index (Phi) is 6.53. The number of fused-ring (bicyclic) bond motifs is 2. The summed E-state index contributed by atoms with van der Waals surface area (Å²) in [5.41, 5.74) is 6.14. The van der Waals surface area contributed by atoms with Gasteiger partial charge in [0.1, 0.15) is 5.75 Å². The number of benzene rings is 4. The zero-order chi connectivity index (χ0) is 25.9. The van der Waals surface area contributed by atoms with E-state index in [1.165, 1.54) is 0 Å². The first kappa shape index (κ1) is 23.8. The molecule has 6 rings (SSSR count). The number of anilines is 1. The number of rotatable bonds is 6. The predicted octanol–water partition coefficient (Wildman–Crippen LogP) is 6.29. The first-order valence-corrected chi connectivity index (χ1v) is 13.1. The van der Waals surface area contributed by atoms with Crippen molar-refractivity contribution in [1.82, 2.24) is 14.9 Å². The first-order valence-electron chi connectivity index (χ1n) is 13.1. The second kappa shape index (κ2) is 10.4. The van der Waals surface area contributed by atoms with E-state index in [9.17, 15) is 4.79 Å². The fourth-order valence-electron chi connectivity index (χ4n) is 5.29. The molecule has 6 heteroatoms. The van der Waals surface area contributed by atoms with Crippen molar-refractivity contribution in [2.24, 2.45) is 0 Å². The van der Waals surface area contributed by atoms with Crippen LogP contribution in [0.3, 0.4) is 0 Å². The van der Waals surface area contributed by atoms with Crippen LogP contribution in [0.2, 0.25) is 0 Å². The molecule has 1 N–H and O–H groups in total. The summed E-state index contributed by atoms with van der Waals surface area (Å²) in [4.78, 5) is 26.1. The molecule has 0 radical (unpaired) electrons. The van der Waals surface area contributed by atoms with E-state index in [4.69, 9.17) is 4.74 Å².